The second-order valence-electron chi connectivity index (χ2n) is 2.88. The van der Waals surface area contributed by atoms with Crippen molar-refractivity contribution in [2.24, 2.45) is 5.73 Å². The molecule has 3 heteroatoms. The molecule has 0 heterocycles. The highest BCUT2D eigenvalue weighted by atomic mass is 16.5. The molecule has 2 N–H and O–H groups in total. The lowest BCUT2D eigenvalue weighted by Crippen LogP contribution is -2.33. The fraction of sp³-hybridized carbons (Fsp3) is 0.875. The Labute approximate surface area is 67.9 Å². The van der Waals surface area contributed by atoms with Gasteiger partial charge < -0.3 is 10.5 Å². The van der Waals surface area contributed by atoms with Crippen molar-refractivity contribution in [3.8, 4) is 0 Å². The van der Waals surface area contributed by atoms with Crippen molar-refractivity contribution in [2.45, 2.75) is 45.8 Å². The van der Waals surface area contributed by atoms with Crippen LogP contribution in [0.2, 0.25) is 0 Å². The van der Waals surface area contributed by atoms with Crippen LogP contribution in [-0.2, 0) is 9.53 Å². The average Bonchev–Trinajstić information content (AvgIpc) is 1.86. The molecule has 0 aromatic carbocycles. The molecule has 0 aliphatic carbocycles. The number of nitrogens with two attached hydrogens (primary N) is 1. The summed E-state index contributed by atoms with van der Waals surface area (Å²) >= 11 is 0. The van der Waals surface area contributed by atoms with Gasteiger partial charge in [-0.05, 0) is 20.3 Å². The van der Waals surface area contributed by atoms with E-state index in [9.17, 15) is 4.79 Å². The highest BCUT2D eigenvalue weighted by molar-refractivity contribution is 5.75. The molecular formula is C8H17NO2. The van der Waals surface area contributed by atoms with Gasteiger partial charge in [0.25, 0.3) is 0 Å². The normalized spacial score (nSPS) is 13.2. The maximum Gasteiger partial charge on any atom is 0.323 e. The monoisotopic (exact) mass is 159 g/mol. The third-order valence-electron chi connectivity index (χ3n) is 1.25. The van der Waals surface area contributed by atoms with Gasteiger partial charge in [0.2, 0.25) is 0 Å². The summed E-state index contributed by atoms with van der Waals surface area (Å²) in [4.78, 5) is 11.0. The third kappa shape index (κ3) is 4.79. The lowest BCUT2D eigenvalue weighted by molar-refractivity contribution is -0.149. The van der Waals surface area contributed by atoms with Crippen molar-refractivity contribution in [1.29, 1.82) is 0 Å². The maximum atomic E-state index is 11.0. The van der Waals surface area contributed by atoms with E-state index in [1.165, 1.54) is 0 Å². The van der Waals surface area contributed by atoms with E-state index in [0.29, 0.717) is 6.42 Å². The van der Waals surface area contributed by atoms with Crippen LogP contribution in [0.4, 0.5) is 0 Å². The third-order valence-corrected chi connectivity index (χ3v) is 1.25. The molecule has 11 heavy (non-hydrogen) atoms. The van der Waals surface area contributed by atoms with E-state index in [1.54, 1.807) is 0 Å². The Morgan fingerprint density at radius 1 is 1.55 bits per heavy atom. The summed E-state index contributed by atoms with van der Waals surface area (Å²) in [7, 11) is 0. The van der Waals surface area contributed by atoms with E-state index in [4.69, 9.17) is 10.5 Å². The summed E-state index contributed by atoms with van der Waals surface area (Å²) in [5, 5.41) is 0. The van der Waals surface area contributed by atoms with Gasteiger partial charge in [0.1, 0.15) is 6.04 Å². The number of hydrogen-bond donors (Lipinski definition) is 1. The van der Waals surface area contributed by atoms with E-state index in [-0.39, 0.29) is 12.1 Å². The van der Waals surface area contributed by atoms with Gasteiger partial charge in [-0.15, -0.1) is 0 Å². The van der Waals surface area contributed by atoms with Gasteiger partial charge in [-0.25, -0.2) is 0 Å². The van der Waals surface area contributed by atoms with Crippen LogP contribution in [0.5, 0.6) is 0 Å². The maximum absolute atomic E-state index is 11.0. The molecule has 0 aromatic heterocycles. The van der Waals surface area contributed by atoms with Gasteiger partial charge >= 0.3 is 5.97 Å². The first-order chi connectivity index (χ1) is 5.07. The summed E-state index contributed by atoms with van der Waals surface area (Å²) in [6.45, 7) is 5.62. The number of hydrogen-bond acceptors (Lipinski definition) is 3. The Bertz CT molecular complexity index is 123. The second-order valence-corrected chi connectivity index (χ2v) is 2.88. The van der Waals surface area contributed by atoms with E-state index in [2.05, 4.69) is 0 Å². The summed E-state index contributed by atoms with van der Waals surface area (Å²) < 4.78 is 4.90. The fourth-order valence-electron chi connectivity index (χ4n) is 0.749. The van der Waals surface area contributed by atoms with Gasteiger partial charge in [-0.3, -0.25) is 4.79 Å². The number of ether oxygens (including phenoxy) is 1. The Kier molecular flexibility index (Phi) is 4.86. The molecule has 0 amide bonds. The van der Waals surface area contributed by atoms with Gasteiger partial charge in [0.15, 0.2) is 0 Å². The highest BCUT2D eigenvalue weighted by Gasteiger charge is 2.14. The van der Waals surface area contributed by atoms with Gasteiger partial charge in [0, 0.05) is 0 Å². The van der Waals surface area contributed by atoms with Crippen LogP contribution in [-0.4, -0.2) is 18.1 Å². The van der Waals surface area contributed by atoms with E-state index >= 15 is 0 Å². The number of carbonyl (C=O) groups excluding carboxylic acids is 1. The molecule has 0 spiro atoms. The van der Waals surface area contributed by atoms with Gasteiger partial charge in [-0.2, -0.15) is 0 Å². The smallest absolute Gasteiger partial charge is 0.323 e. The standard InChI is InChI=1S/C8H17NO2/c1-4-5-7(9)8(10)11-6(2)3/h6-7H,4-5,9H2,1-3H3/t7-/m1/s1. The zero-order valence-corrected chi connectivity index (χ0v) is 7.46. The Hall–Kier alpha value is -0.570. The molecule has 0 bridgehead atoms. The van der Waals surface area contributed by atoms with Crippen LogP contribution in [0.1, 0.15) is 33.6 Å². The van der Waals surface area contributed by atoms with Crippen LogP contribution in [0.15, 0.2) is 0 Å². The Balaban J connectivity index is 3.64. The molecule has 0 rings (SSSR count). The largest absolute Gasteiger partial charge is 0.462 e. The van der Waals surface area contributed by atoms with Crippen LogP contribution >= 0.6 is 0 Å². The van der Waals surface area contributed by atoms with Gasteiger partial charge in [0.05, 0.1) is 6.10 Å². The van der Waals surface area contributed by atoms with Crippen molar-refractivity contribution >= 4 is 5.97 Å². The lowest BCUT2D eigenvalue weighted by Gasteiger charge is -2.12. The fourth-order valence-corrected chi connectivity index (χ4v) is 0.749. The van der Waals surface area contributed by atoms with Crippen molar-refractivity contribution in [3.63, 3.8) is 0 Å². The molecule has 0 radical (unpaired) electrons. The topological polar surface area (TPSA) is 52.3 Å². The molecule has 0 aliphatic rings. The minimum atomic E-state index is -0.442. The van der Waals surface area contributed by atoms with Crippen molar-refractivity contribution in [1.82, 2.24) is 0 Å². The molecule has 3 nitrogen and oxygen atoms in total. The SMILES string of the molecule is CCC[C@@H](N)C(=O)OC(C)C. The number of rotatable bonds is 4. The molecule has 0 unspecified atom stereocenters. The number of esters is 1. The van der Waals surface area contributed by atoms with Crippen molar-refractivity contribution < 1.29 is 9.53 Å². The zero-order chi connectivity index (χ0) is 8.85. The first-order valence-electron chi connectivity index (χ1n) is 4.04. The Morgan fingerprint density at radius 3 is 2.45 bits per heavy atom. The summed E-state index contributed by atoms with van der Waals surface area (Å²) in [5.41, 5.74) is 5.50. The van der Waals surface area contributed by atoms with Crippen molar-refractivity contribution in [3.05, 3.63) is 0 Å². The van der Waals surface area contributed by atoms with Crippen LogP contribution in [0, 0.1) is 0 Å². The van der Waals surface area contributed by atoms with E-state index < -0.39 is 6.04 Å². The second kappa shape index (κ2) is 5.13. The summed E-state index contributed by atoms with van der Waals surface area (Å²) in [6.07, 6.45) is 1.55. The molecule has 0 saturated carbocycles. The molecule has 0 fully saturated rings. The predicted octanol–water partition coefficient (Wildman–Crippen LogP) is 1.07. The average molecular weight is 159 g/mol. The number of carbonyl (C=O) groups is 1. The minimum Gasteiger partial charge on any atom is -0.462 e. The van der Waals surface area contributed by atoms with Crippen LogP contribution in [0.3, 0.4) is 0 Å². The van der Waals surface area contributed by atoms with Gasteiger partial charge in [-0.1, -0.05) is 13.3 Å². The quantitative estimate of drug-likeness (QED) is 0.624. The van der Waals surface area contributed by atoms with Crippen LogP contribution < -0.4 is 5.73 Å². The first-order valence-corrected chi connectivity index (χ1v) is 4.04. The highest BCUT2D eigenvalue weighted by Crippen LogP contribution is 1.98. The summed E-state index contributed by atoms with van der Waals surface area (Å²) in [6, 6.07) is -0.442. The minimum absolute atomic E-state index is 0.0644. The summed E-state index contributed by atoms with van der Waals surface area (Å²) in [5.74, 6) is -0.290. The molecule has 66 valence electrons. The Morgan fingerprint density at radius 2 is 2.09 bits per heavy atom. The van der Waals surface area contributed by atoms with Crippen LogP contribution in [0.25, 0.3) is 0 Å². The molecule has 0 aliphatic heterocycles. The van der Waals surface area contributed by atoms with Crippen molar-refractivity contribution in [2.75, 3.05) is 0 Å². The molecule has 1 atom stereocenters. The predicted molar refractivity (Wildman–Crippen MR) is 44.1 cm³/mol. The molecule has 0 saturated heterocycles. The molecule has 0 aromatic rings. The van der Waals surface area contributed by atoms with E-state index in [0.717, 1.165) is 6.42 Å². The van der Waals surface area contributed by atoms with E-state index in [1.807, 2.05) is 20.8 Å². The lowest BCUT2D eigenvalue weighted by atomic mass is 10.2. The zero-order valence-electron chi connectivity index (χ0n) is 7.46. The molecular weight excluding hydrogens is 142 g/mol. The first kappa shape index (κ1) is 10.4.